The number of fused-ring (bicyclic) bond motifs is 2. The van der Waals surface area contributed by atoms with E-state index in [4.69, 9.17) is 18.9 Å². The van der Waals surface area contributed by atoms with Crippen molar-refractivity contribution in [3.05, 3.63) is 120 Å². The summed E-state index contributed by atoms with van der Waals surface area (Å²) in [5.41, 5.74) is 3.74. The first-order valence-corrected chi connectivity index (χ1v) is 16.0. The summed E-state index contributed by atoms with van der Waals surface area (Å²) in [6.45, 7) is 1.10. The van der Waals surface area contributed by atoms with Crippen molar-refractivity contribution in [3.63, 3.8) is 0 Å². The number of anilines is 1. The molecular formula is C37H35N5O7. The second-order valence-corrected chi connectivity index (χ2v) is 11.7. The predicted octanol–water partition coefficient (Wildman–Crippen LogP) is 4.33. The molecule has 2 aromatic heterocycles. The highest BCUT2D eigenvalue weighted by atomic mass is 16.6. The van der Waals surface area contributed by atoms with Crippen molar-refractivity contribution < 1.29 is 33.6 Å². The van der Waals surface area contributed by atoms with Crippen LogP contribution >= 0.6 is 0 Å². The van der Waals surface area contributed by atoms with Gasteiger partial charge in [-0.05, 0) is 35.4 Å². The van der Waals surface area contributed by atoms with Crippen LogP contribution < -0.4 is 29.7 Å². The van der Waals surface area contributed by atoms with Crippen LogP contribution in [0.3, 0.4) is 0 Å². The van der Waals surface area contributed by atoms with Gasteiger partial charge in [0.1, 0.15) is 31.5 Å². The number of pyridine rings is 2. The maximum atomic E-state index is 14.2. The molecule has 5 aromatic rings. The average Bonchev–Trinajstić information content (AvgIpc) is 3.54. The van der Waals surface area contributed by atoms with Crippen LogP contribution in [-0.4, -0.2) is 72.6 Å². The topological polar surface area (TPSA) is 144 Å². The number of nitrogens with zero attached hydrogens (tertiary/aromatic N) is 3. The van der Waals surface area contributed by atoms with Gasteiger partial charge in [-0.1, -0.05) is 60.7 Å². The maximum absolute atomic E-state index is 14.2. The average molecular weight is 662 g/mol. The molecule has 0 spiro atoms. The van der Waals surface area contributed by atoms with Crippen molar-refractivity contribution in [2.24, 2.45) is 0 Å². The third-order valence-corrected chi connectivity index (χ3v) is 8.54. The summed E-state index contributed by atoms with van der Waals surface area (Å²) in [5, 5.41) is 18.4. The van der Waals surface area contributed by atoms with Gasteiger partial charge >= 0.3 is 6.09 Å². The number of methoxy groups -OCH3 is 1. The fourth-order valence-corrected chi connectivity index (χ4v) is 6.09. The summed E-state index contributed by atoms with van der Waals surface area (Å²) in [5.74, 6) is 1.02. The van der Waals surface area contributed by atoms with E-state index in [-0.39, 0.29) is 13.1 Å². The van der Waals surface area contributed by atoms with Gasteiger partial charge in [0.15, 0.2) is 11.5 Å². The fraction of sp³-hybridized carbons (Fsp3) is 0.243. The molecule has 12 heteroatoms. The molecule has 0 radical (unpaired) electrons. The Morgan fingerprint density at radius 2 is 1.67 bits per heavy atom. The number of carbonyl (C=O) groups excluding carboxylic acids is 2. The summed E-state index contributed by atoms with van der Waals surface area (Å²) in [6.07, 6.45) is -0.975. The van der Waals surface area contributed by atoms with E-state index in [1.54, 1.807) is 42.6 Å². The molecule has 2 aliphatic heterocycles. The van der Waals surface area contributed by atoms with Gasteiger partial charge < -0.3 is 29.4 Å². The number of hydrogen-bond acceptors (Lipinski definition) is 10. The van der Waals surface area contributed by atoms with Gasteiger partial charge in [0.05, 0.1) is 43.0 Å². The highest BCUT2D eigenvalue weighted by Gasteiger charge is 2.36. The van der Waals surface area contributed by atoms with E-state index in [1.165, 1.54) is 12.0 Å². The SMILES string of the molecule is COc1ccc2nccc(C(O)C(NC(c3ccccc3)c3ccccc3)C(=O)NCC3CN(c4ccc5c(c4)OCCO5)C(=O)O3)c2n1. The Morgan fingerprint density at radius 3 is 2.39 bits per heavy atom. The lowest BCUT2D eigenvalue weighted by atomic mass is 9.94. The van der Waals surface area contributed by atoms with Crippen LogP contribution in [0.1, 0.15) is 28.8 Å². The lowest BCUT2D eigenvalue weighted by molar-refractivity contribution is -0.126. The van der Waals surface area contributed by atoms with Crippen LogP contribution in [0, 0.1) is 0 Å². The van der Waals surface area contributed by atoms with Gasteiger partial charge in [0, 0.05) is 23.9 Å². The molecule has 0 bridgehead atoms. The number of aliphatic hydroxyl groups is 1. The van der Waals surface area contributed by atoms with Crippen molar-refractivity contribution in [3.8, 4) is 17.4 Å². The number of aliphatic hydroxyl groups excluding tert-OH is 1. The Bertz CT molecular complexity index is 1910. The Kier molecular flexibility index (Phi) is 9.22. The molecule has 0 saturated carbocycles. The van der Waals surface area contributed by atoms with Crippen LogP contribution in [0.25, 0.3) is 11.0 Å². The first kappa shape index (κ1) is 31.9. The summed E-state index contributed by atoms with van der Waals surface area (Å²) in [4.78, 5) is 37.5. The monoisotopic (exact) mass is 661 g/mol. The molecule has 1 saturated heterocycles. The number of benzene rings is 3. The number of cyclic esters (lactones) is 1. The van der Waals surface area contributed by atoms with Crippen LogP contribution in [0.15, 0.2) is 103 Å². The number of nitrogens with one attached hydrogen (secondary N) is 2. The molecule has 250 valence electrons. The predicted molar refractivity (Wildman–Crippen MR) is 181 cm³/mol. The smallest absolute Gasteiger partial charge is 0.414 e. The van der Waals surface area contributed by atoms with Crippen molar-refractivity contribution >= 4 is 28.7 Å². The van der Waals surface area contributed by atoms with E-state index in [0.29, 0.717) is 52.9 Å². The van der Waals surface area contributed by atoms with Gasteiger partial charge in [-0.2, -0.15) is 0 Å². The van der Waals surface area contributed by atoms with Crippen LogP contribution in [-0.2, 0) is 9.53 Å². The molecule has 2 amide bonds. The lowest BCUT2D eigenvalue weighted by Crippen LogP contribution is -2.51. The van der Waals surface area contributed by atoms with Crippen LogP contribution in [0.5, 0.6) is 17.4 Å². The number of aromatic nitrogens is 2. The fourth-order valence-electron chi connectivity index (χ4n) is 6.09. The van der Waals surface area contributed by atoms with E-state index >= 15 is 0 Å². The summed E-state index contributed by atoms with van der Waals surface area (Å²) in [7, 11) is 1.51. The first-order valence-electron chi connectivity index (χ1n) is 16.0. The lowest BCUT2D eigenvalue weighted by Gasteiger charge is -2.30. The normalized spacial score (nSPS) is 16.7. The zero-order valence-corrected chi connectivity index (χ0v) is 26.7. The standard InChI is InChI=1S/C37H35N5O7/c1-46-31-15-13-28-33(40-31)27(16-17-38-28)35(43)34(41-32(23-8-4-2-5-9-23)24-10-6-3-7-11-24)36(44)39-21-26-22-42(37(45)49-26)25-12-14-29-30(20-25)48-19-18-47-29/h2-17,20,26,32,34-35,41,43H,18-19,21-22H2,1H3,(H,39,44). The van der Waals surface area contributed by atoms with Gasteiger partial charge in [-0.15, -0.1) is 0 Å². The number of hydrogen-bond donors (Lipinski definition) is 3. The molecular weight excluding hydrogens is 626 g/mol. The highest BCUT2D eigenvalue weighted by Crippen LogP contribution is 2.35. The van der Waals surface area contributed by atoms with Crippen molar-refractivity contribution in [2.45, 2.75) is 24.3 Å². The third kappa shape index (κ3) is 6.82. The molecule has 3 unspecified atom stereocenters. The molecule has 3 aromatic carbocycles. The van der Waals surface area contributed by atoms with Gasteiger partial charge in [-0.3, -0.25) is 20.0 Å². The number of carbonyl (C=O) groups is 2. The molecule has 12 nitrogen and oxygen atoms in total. The Labute approximate surface area is 282 Å². The van der Waals surface area contributed by atoms with E-state index < -0.39 is 36.3 Å². The zero-order valence-electron chi connectivity index (χ0n) is 26.7. The van der Waals surface area contributed by atoms with Crippen molar-refractivity contribution in [2.75, 3.05) is 38.3 Å². The largest absolute Gasteiger partial charge is 0.486 e. The number of ether oxygens (including phenoxy) is 4. The number of rotatable bonds is 11. The minimum atomic E-state index is -1.36. The first-order chi connectivity index (χ1) is 24.0. The van der Waals surface area contributed by atoms with E-state index in [0.717, 1.165) is 11.1 Å². The molecule has 49 heavy (non-hydrogen) atoms. The maximum Gasteiger partial charge on any atom is 0.414 e. The minimum absolute atomic E-state index is 0.0149. The molecule has 0 aliphatic carbocycles. The molecule has 3 atom stereocenters. The highest BCUT2D eigenvalue weighted by molar-refractivity contribution is 5.90. The molecule has 4 heterocycles. The summed E-state index contributed by atoms with van der Waals surface area (Å²) < 4.78 is 22.3. The van der Waals surface area contributed by atoms with Gasteiger partial charge in [0.25, 0.3) is 0 Å². The quantitative estimate of drug-likeness (QED) is 0.187. The molecule has 1 fully saturated rings. The summed E-state index contributed by atoms with van der Waals surface area (Å²) in [6, 6.07) is 28.1. The summed E-state index contributed by atoms with van der Waals surface area (Å²) >= 11 is 0. The van der Waals surface area contributed by atoms with Crippen molar-refractivity contribution in [1.29, 1.82) is 0 Å². The third-order valence-electron chi connectivity index (χ3n) is 8.54. The van der Waals surface area contributed by atoms with Crippen molar-refractivity contribution in [1.82, 2.24) is 20.6 Å². The Balaban J connectivity index is 1.16. The second-order valence-electron chi connectivity index (χ2n) is 11.7. The van der Waals surface area contributed by atoms with Crippen LogP contribution in [0.2, 0.25) is 0 Å². The second kappa shape index (κ2) is 14.2. The van der Waals surface area contributed by atoms with E-state index in [2.05, 4.69) is 20.6 Å². The van der Waals surface area contributed by atoms with Gasteiger partial charge in [-0.25, -0.2) is 9.78 Å². The van der Waals surface area contributed by atoms with Crippen LogP contribution in [0.4, 0.5) is 10.5 Å². The van der Waals surface area contributed by atoms with Gasteiger partial charge in [0.2, 0.25) is 11.8 Å². The minimum Gasteiger partial charge on any atom is -0.486 e. The van der Waals surface area contributed by atoms with E-state index in [9.17, 15) is 14.7 Å². The van der Waals surface area contributed by atoms with E-state index in [1.807, 2.05) is 60.7 Å². The number of amides is 2. The Hall–Kier alpha value is -5.72. The molecule has 7 rings (SSSR count). The molecule has 2 aliphatic rings. The zero-order chi connectivity index (χ0) is 33.7. The molecule has 3 N–H and O–H groups in total. The Morgan fingerprint density at radius 1 is 0.959 bits per heavy atom.